The summed E-state index contributed by atoms with van der Waals surface area (Å²) in [5.41, 5.74) is -0.295. The Morgan fingerprint density at radius 2 is 2.00 bits per heavy atom. The van der Waals surface area contributed by atoms with Gasteiger partial charge in [-0.15, -0.1) is 0 Å². The normalized spacial score (nSPS) is 11.0. The van der Waals surface area contributed by atoms with Crippen LogP contribution in [-0.4, -0.2) is 45.7 Å². The molecule has 8 nitrogen and oxygen atoms in total. The molecule has 1 aromatic carbocycles. The Labute approximate surface area is 121 Å². The molecule has 0 aliphatic heterocycles. The van der Waals surface area contributed by atoms with Crippen LogP contribution in [0.4, 0.5) is 0 Å². The molecular weight excluding hydrogens is 302 g/mol. The second-order valence-corrected chi connectivity index (χ2v) is 5.56. The number of carbonyl (C=O) groups excluding carboxylic acids is 1. The van der Waals surface area contributed by atoms with Gasteiger partial charge in [0.25, 0.3) is 0 Å². The van der Waals surface area contributed by atoms with Gasteiger partial charge in [0.15, 0.2) is 0 Å². The van der Waals surface area contributed by atoms with E-state index in [1.54, 1.807) is 6.92 Å². The van der Waals surface area contributed by atoms with E-state index in [1.807, 2.05) is 4.72 Å². The zero-order valence-electron chi connectivity index (χ0n) is 11.5. The third-order valence-electron chi connectivity index (χ3n) is 2.42. The van der Waals surface area contributed by atoms with Crippen molar-refractivity contribution in [2.75, 3.05) is 20.3 Å². The molecule has 0 saturated carbocycles. The van der Waals surface area contributed by atoms with Crippen LogP contribution in [0, 0.1) is 0 Å². The van der Waals surface area contributed by atoms with Gasteiger partial charge < -0.3 is 14.6 Å². The molecule has 0 spiro atoms. The Bertz CT molecular complexity index is 639. The predicted molar refractivity (Wildman–Crippen MR) is 71.8 cm³/mol. The molecule has 0 amide bonds. The first-order valence-corrected chi connectivity index (χ1v) is 7.36. The molecule has 0 aliphatic carbocycles. The monoisotopic (exact) mass is 317 g/mol. The summed E-state index contributed by atoms with van der Waals surface area (Å²) in [5.74, 6) is -2.02. The van der Waals surface area contributed by atoms with E-state index < -0.39 is 28.5 Å². The van der Waals surface area contributed by atoms with Gasteiger partial charge in [-0.05, 0) is 25.1 Å². The van der Waals surface area contributed by atoms with E-state index in [-0.39, 0.29) is 22.8 Å². The average Bonchev–Trinajstić information content (AvgIpc) is 2.44. The van der Waals surface area contributed by atoms with Crippen molar-refractivity contribution >= 4 is 22.0 Å². The summed E-state index contributed by atoms with van der Waals surface area (Å²) >= 11 is 0. The first-order valence-electron chi connectivity index (χ1n) is 5.88. The fourth-order valence-corrected chi connectivity index (χ4v) is 2.47. The number of ether oxygens (including phenoxy) is 2. The minimum Gasteiger partial charge on any atom is -0.496 e. The minimum absolute atomic E-state index is 0.0341. The molecule has 1 aromatic rings. The third kappa shape index (κ3) is 4.43. The largest absolute Gasteiger partial charge is 0.496 e. The number of methoxy groups -OCH3 is 1. The molecule has 2 N–H and O–H groups in total. The summed E-state index contributed by atoms with van der Waals surface area (Å²) in [4.78, 5) is 21.9. The molecule has 116 valence electrons. The van der Waals surface area contributed by atoms with Crippen LogP contribution in [0.5, 0.6) is 5.75 Å². The van der Waals surface area contributed by atoms with Gasteiger partial charge >= 0.3 is 11.9 Å². The number of carbonyl (C=O) groups is 2. The van der Waals surface area contributed by atoms with Gasteiger partial charge in [-0.25, -0.2) is 13.2 Å². The maximum atomic E-state index is 12.0. The Morgan fingerprint density at radius 1 is 1.33 bits per heavy atom. The van der Waals surface area contributed by atoms with Crippen LogP contribution in [0.1, 0.15) is 17.3 Å². The summed E-state index contributed by atoms with van der Waals surface area (Å²) in [6.07, 6.45) is 0. The highest BCUT2D eigenvalue weighted by molar-refractivity contribution is 7.89. The fraction of sp³-hybridized carbons (Fsp3) is 0.333. The van der Waals surface area contributed by atoms with E-state index in [4.69, 9.17) is 9.84 Å². The number of esters is 1. The summed E-state index contributed by atoms with van der Waals surface area (Å²) < 4.78 is 35.4. The Kier molecular flexibility index (Phi) is 5.68. The average molecular weight is 317 g/mol. The standard InChI is InChI=1S/C12H15NO7S/c1-3-20-11(14)7-13-21(17,18)8-4-5-10(19-2)9(6-8)12(15)16/h4-6,13H,3,7H2,1-2H3,(H,15,16). The second-order valence-electron chi connectivity index (χ2n) is 3.80. The minimum atomic E-state index is -4.02. The number of sulfonamides is 1. The number of hydrogen-bond acceptors (Lipinski definition) is 6. The fourth-order valence-electron chi connectivity index (χ4n) is 1.47. The number of nitrogens with one attached hydrogen (secondary N) is 1. The van der Waals surface area contributed by atoms with Crippen molar-refractivity contribution in [3.63, 3.8) is 0 Å². The smallest absolute Gasteiger partial charge is 0.339 e. The van der Waals surface area contributed by atoms with Gasteiger partial charge in [-0.2, -0.15) is 4.72 Å². The molecule has 0 aliphatic rings. The topological polar surface area (TPSA) is 119 Å². The number of benzene rings is 1. The van der Waals surface area contributed by atoms with Crippen LogP contribution in [0.2, 0.25) is 0 Å². The predicted octanol–water partition coefficient (Wildman–Crippen LogP) is 0.235. The lowest BCUT2D eigenvalue weighted by atomic mass is 10.2. The van der Waals surface area contributed by atoms with E-state index >= 15 is 0 Å². The quantitative estimate of drug-likeness (QED) is 0.691. The van der Waals surface area contributed by atoms with Gasteiger partial charge in [0.1, 0.15) is 17.9 Å². The van der Waals surface area contributed by atoms with Crippen LogP contribution in [-0.2, 0) is 19.6 Å². The highest BCUT2D eigenvalue weighted by Crippen LogP contribution is 2.22. The lowest BCUT2D eigenvalue weighted by Crippen LogP contribution is -2.30. The van der Waals surface area contributed by atoms with E-state index in [1.165, 1.54) is 19.2 Å². The number of aromatic carboxylic acids is 1. The number of carboxylic acids is 1. The van der Waals surface area contributed by atoms with Crippen molar-refractivity contribution in [3.05, 3.63) is 23.8 Å². The van der Waals surface area contributed by atoms with Crippen LogP contribution >= 0.6 is 0 Å². The zero-order chi connectivity index (χ0) is 16.0. The molecule has 0 bridgehead atoms. The second kappa shape index (κ2) is 7.04. The summed E-state index contributed by atoms with van der Waals surface area (Å²) in [5, 5.41) is 9.01. The zero-order valence-corrected chi connectivity index (χ0v) is 12.3. The maximum absolute atomic E-state index is 12.0. The molecule has 0 atom stereocenters. The molecule has 0 radical (unpaired) electrons. The van der Waals surface area contributed by atoms with E-state index in [0.29, 0.717) is 0 Å². The number of carboxylic acid groups (broad SMARTS) is 1. The van der Waals surface area contributed by atoms with Gasteiger partial charge in [0.05, 0.1) is 18.6 Å². The van der Waals surface area contributed by atoms with Crippen molar-refractivity contribution in [1.29, 1.82) is 0 Å². The SMILES string of the molecule is CCOC(=O)CNS(=O)(=O)c1ccc(OC)c(C(=O)O)c1. The molecule has 1 rings (SSSR count). The highest BCUT2D eigenvalue weighted by atomic mass is 32.2. The lowest BCUT2D eigenvalue weighted by Gasteiger charge is -2.09. The van der Waals surface area contributed by atoms with Crippen LogP contribution in [0.15, 0.2) is 23.1 Å². The first-order chi connectivity index (χ1) is 9.81. The molecule has 21 heavy (non-hydrogen) atoms. The van der Waals surface area contributed by atoms with Gasteiger partial charge in [-0.1, -0.05) is 0 Å². The van der Waals surface area contributed by atoms with Gasteiger partial charge in [0, 0.05) is 0 Å². The maximum Gasteiger partial charge on any atom is 0.339 e. The highest BCUT2D eigenvalue weighted by Gasteiger charge is 2.20. The van der Waals surface area contributed by atoms with Crippen molar-refractivity contribution in [2.24, 2.45) is 0 Å². The van der Waals surface area contributed by atoms with Crippen molar-refractivity contribution < 1.29 is 32.6 Å². The molecule has 9 heteroatoms. The molecule has 0 saturated heterocycles. The lowest BCUT2D eigenvalue weighted by molar-refractivity contribution is -0.141. The summed E-state index contributed by atoms with van der Waals surface area (Å²) in [6, 6.07) is 3.36. The van der Waals surface area contributed by atoms with E-state index in [9.17, 15) is 18.0 Å². The van der Waals surface area contributed by atoms with Crippen LogP contribution in [0.3, 0.4) is 0 Å². The Balaban J connectivity index is 3.01. The molecule has 0 heterocycles. The molecule has 0 aromatic heterocycles. The van der Waals surface area contributed by atoms with Crippen molar-refractivity contribution in [3.8, 4) is 5.75 Å². The number of hydrogen-bond donors (Lipinski definition) is 2. The van der Waals surface area contributed by atoms with E-state index in [2.05, 4.69) is 4.74 Å². The molecule has 0 fully saturated rings. The summed E-state index contributed by atoms with van der Waals surface area (Å²) in [6.45, 7) is 1.19. The van der Waals surface area contributed by atoms with Crippen molar-refractivity contribution in [1.82, 2.24) is 4.72 Å². The van der Waals surface area contributed by atoms with E-state index in [0.717, 1.165) is 6.07 Å². The van der Waals surface area contributed by atoms with Gasteiger partial charge in [-0.3, -0.25) is 4.79 Å². The molecule has 0 unspecified atom stereocenters. The van der Waals surface area contributed by atoms with Crippen molar-refractivity contribution in [2.45, 2.75) is 11.8 Å². The first kappa shape index (κ1) is 16.9. The Hall–Kier alpha value is -2.13. The molecular formula is C12H15NO7S. The summed E-state index contributed by atoms with van der Waals surface area (Å²) in [7, 11) is -2.75. The number of rotatable bonds is 7. The van der Waals surface area contributed by atoms with Crippen LogP contribution < -0.4 is 9.46 Å². The van der Waals surface area contributed by atoms with Crippen LogP contribution in [0.25, 0.3) is 0 Å². The third-order valence-corrected chi connectivity index (χ3v) is 3.82. The Morgan fingerprint density at radius 3 is 2.52 bits per heavy atom. The van der Waals surface area contributed by atoms with Gasteiger partial charge in [0.2, 0.25) is 10.0 Å².